The van der Waals surface area contributed by atoms with Crippen LogP contribution in [0.4, 0.5) is 0 Å². The van der Waals surface area contributed by atoms with Gasteiger partial charge in [0.25, 0.3) is 5.91 Å². The largest absolute Gasteiger partial charge is 0.309 e. The van der Waals surface area contributed by atoms with Gasteiger partial charge in [0.2, 0.25) is 0 Å². The fraction of sp³-hybridized carbons (Fsp3) is 0.0263. The van der Waals surface area contributed by atoms with Crippen LogP contribution in [-0.4, -0.2) is 5.91 Å². The molecule has 0 atom stereocenters. The molecule has 0 aromatic heterocycles. The number of hydrogen-bond acceptors (Lipinski definition) is 3. The summed E-state index contributed by atoms with van der Waals surface area (Å²) in [6, 6.07) is 56.7. The average Bonchev–Trinajstić information content (AvgIpc) is 3.10. The van der Waals surface area contributed by atoms with E-state index in [0.29, 0.717) is 21.5 Å². The summed E-state index contributed by atoms with van der Waals surface area (Å²) in [5.74, 6) is -0.306. The Kier molecular flexibility index (Phi) is 8.42. The third-order valence-corrected chi connectivity index (χ3v) is 12.0. The normalized spacial score (nSPS) is 11.5. The fourth-order valence-electron chi connectivity index (χ4n) is 5.52. The van der Waals surface area contributed by atoms with Crippen molar-refractivity contribution in [2.24, 2.45) is 0 Å². The Morgan fingerprint density at radius 3 is 1.26 bits per heavy atom. The van der Waals surface area contributed by atoms with E-state index in [1.54, 1.807) is 6.07 Å². The lowest BCUT2D eigenvalue weighted by Gasteiger charge is -2.35. The standard InChI is InChI=1S/C38H30NO2PS/c40-37(35-28-16-17-29-36(35)42(41,33-24-12-4-13-25-33)34-26-14-5-15-27-34)39-43-38(30-18-6-1-7-19-30,31-20-8-2-9-21-31)32-22-10-3-11-23-32/h1-29H,(H,39,40). The number of nitrogens with one attached hydrogen (secondary N) is 1. The lowest BCUT2D eigenvalue weighted by molar-refractivity contribution is 0.0985. The minimum absolute atomic E-state index is 0.306. The van der Waals surface area contributed by atoms with Gasteiger partial charge in [-0.2, -0.15) is 0 Å². The van der Waals surface area contributed by atoms with Crippen molar-refractivity contribution in [3.05, 3.63) is 198 Å². The number of benzene rings is 6. The molecule has 0 saturated heterocycles. The summed E-state index contributed by atoms with van der Waals surface area (Å²) in [6.07, 6.45) is 0. The molecule has 0 aliphatic carbocycles. The van der Waals surface area contributed by atoms with Gasteiger partial charge in [0.1, 0.15) is 4.75 Å². The van der Waals surface area contributed by atoms with E-state index in [0.717, 1.165) is 16.7 Å². The van der Waals surface area contributed by atoms with Gasteiger partial charge >= 0.3 is 0 Å². The third kappa shape index (κ3) is 5.48. The molecule has 1 N–H and O–H groups in total. The van der Waals surface area contributed by atoms with Crippen LogP contribution in [0.3, 0.4) is 0 Å². The van der Waals surface area contributed by atoms with E-state index >= 15 is 4.57 Å². The van der Waals surface area contributed by atoms with Gasteiger partial charge in [-0.1, -0.05) is 170 Å². The molecule has 0 saturated carbocycles. The van der Waals surface area contributed by atoms with Gasteiger partial charge in [0.05, 0.1) is 5.56 Å². The summed E-state index contributed by atoms with van der Waals surface area (Å²) in [4.78, 5) is 14.3. The molecular weight excluding hydrogens is 565 g/mol. The van der Waals surface area contributed by atoms with Crippen LogP contribution < -0.4 is 20.6 Å². The Morgan fingerprint density at radius 1 is 0.488 bits per heavy atom. The Morgan fingerprint density at radius 2 is 0.837 bits per heavy atom. The molecule has 6 aromatic rings. The Balaban J connectivity index is 1.46. The summed E-state index contributed by atoms with van der Waals surface area (Å²) in [5.41, 5.74) is 3.48. The quantitative estimate of drug-likeness (QED) is 0.106. The topological polar surface area (TPSA) is 46.2 Å². The molecule has 6 aromatic carbocycles. The maximum Gasteiger partial charge on any atom is 0.261 e. The number of amides is 1. The molecule has 5 heteroatoms. The molecule has 6 rings (SSSR count). The molecule has 210 valence electrons. The SMILES string of the molecule is O=C(NSC(c1ccccc1)(c1ccccc1)c1ccccc1)c1ccccc1P(=O)(c1ccccc1)c1ccccc1. The highest BCUT2D eigenvalue weighted by molar-refractivity contribution is 7.99. The number of hydrogen-bond donors (Lipinski definition) is 1. The molecule has 0 heterocycles. The van der Waals surface area contributed by atoms with Crippen molar-refractivity contribution < 1.29 is 9.36 Å². The van der Waals surface area contributed by atoms with Crippen LogP contribution in [0.25, 0.3) is 0 Å². The van der Waals surface area contributed by atoms with E-state index in [4.69, 9.17) is 0 Å². The summed E-state index contributed by atoms with van der Waals surface area (Å²) < 4.78 is 17.7. The summed E-state index contributed by atoms with van der Waals surface area (Å²) >= 11 is 1.35. The maximum atomic E-state index is 15.2. The van der Waals surface area contributed by atoms with Crippen molar-refractivity contribution >= 4 is 40.9 Å². The first kappa shape index (κ1) is 28.5. The molecule has 0 radical (unpaired) electrons. The van der Waals surface area contributed by atoms with Crippen molar-refractivity contribution in [1.29, 1.82) is 0 Å². The predicted molar refractivity (Wildman–Crippen MR) is 180 cm³/mol. The first-order valence-electron chi connectivity index (χ1n) is 14.1. The second-order valence-electron chi connectivity index (χ2n) is 10.1. The van der Waals surface area contributed by atoms with E-state index in [-0.39, 0.29) is 5.91 Å². The fourth-order valence-corrected chi connectivity index (χ4v) is 9.48. The van der Waals surface area contributed by atoms with Crippen LogP contribution >= 0.6 is 19.1 Å². The summed E-state index contributed by atoms with van der Waals surface area (Å²) in [5, 5.41) is 1.87. The van der Waals surface area contributed by atoms with E-state index < -0.39 is 11.9 Å². The Hall–Kier alpha value is -4.63. The molecule has 43 heavy (non-hydrogen) atoms. The van der Waals surface area contributed by atoms with Gasteiger partial charge in [0, 0.05) is 15.9 Å². The molecule has 0 spiro atoms. The minimum atomic E-state index is -3.38. The van der Waals surface area contributed by atoms with Crippen LogP contribution in [0.2, 0.25) is 0 Å². The van der Waals surface area contributed by atoms with Crippen molar-refractivity contribution in [2.75, 3.05) is 0 Å². The van der Waals surface area contributed by atoms with Gasteiger partial charge in [-0.3, -0.25) is 9.52 Å². The van der Waals surface area contributed by atoms with Gasteiger partial charge in [0.15, 0.2) is 7.14 Å². The second kappa shape index (κ2) is 12.7. The van der Waals surface area contributed by atoms with E-state index in [1.165, 1.54) is 11.9 Å². The second-order valence-corrected chi connectivity index (χ2v) is 13.9. The van der Waals surface area contributed by atoms with Gasteiger partial charge in [-0.05, 0) is 34.7 Å². The summed E-state index contributed by atoms with van der Waals surface area (Å²) in [6.45, 7) is 0. The molecule has 0 aliphatic rings. The average molecular weight is 596 g/mol. The molecule has 0 fully saturated rings. The van der Waals surface area contributed by atoms with E-state index in [1.807, 2.05) is 133 Å². The van der Waals surface area contributed by atoms with E-state index in [2.05, 4.69) is 41.1 Å². The molecule has 0 bridgehead atoms. The maximum absolute atomic E-state index is 15.2. The molecular formula is C38H30NO2PS. The Labute approximate surface area is 257 Å². The number of rotatable bonds is 9. The lowest BCUT2D eigenvalue weighted by atomic mass is 9.84. The first-order chi connectivity index (χ1) is 21.1. The highest BCUT2D eigenvalue weighted by atomic mass is 32.2. The van der Waals surface area contributed by atoms with Crippen molar-refractivity contribution in [1.82, 2.24) is 4.72 Å². The molecule has 0 unspecified atom stereocenters. The molecule has 0 aliphatic heterocycles. The zero-order chi connectivity index (χ0) is 29.5. The monoisotopic (exact) mass is 595 g/mol. The van der Waals surface area contributed by atoms with E-state index in [9.17, 15) is 4.79 Å². The van der Waals surface area contributed by atoms with Crippen LogP contribution in [-0.2, 0) is 9.31 Å². The smallest absolute Gasteiger partial charge is 0.261 e. The van der Waals surface area contributed by atoms with Crippen LogP contribution in [0.15, 0.2) is 176 Å². The lowest BCUT2D eigenvalue weighted by Crippen LogP contribution is -2.35. The number of carbonyl (C=O) groups is 1. The Bertz CT molecular complexity index is 1710. The zero-order valence-corrected chi connectivity index (χ0v) is 25.1. The zero-order valence-electron chi connectivity index (χ0n) is 23.4. The highest BCUT2D eigenvalue weighted by Crippen LogP contribution is 2.48. The predicted octanol–water partition coefficient (Wildman–Crippen LogP) is 7.70. The van der Waals surface area contributed by atoms with Gasteiger partial charge in [-0.15, -0.1) is 0 Å². The van der Waals surface area contributed by atoms with Gasteiger partial charge in [-0.25, -0.2) is 0 Å². The van der Waals surface area contributed by atoms with Crippen LogP contribution in [0, 0.1) is 0 Å². The minimum Gasteiger partial charge on any atom is -0.309 e. The first-order valence-corrected chi connectivity index (χ1v) is 16.6. The van der Waals surface area contributed by atoms with Crippen molar-refractivity contribution in [3.8, 4) is 0 Å². The summed E-state index contributed by atoms with van der Waals surface area (Å²) in [7, 11) is -3.38. The molecule has 1 amide bonds. The van der Waals surface area contributed by atoms with Crippen LogP contribution in [0.5, 0.6) is 0 Å². The van der Waals surface area contributed by atoms with Crippen LogP contribution in [0.1, 0.15) is 27.0 Å². The number of carbonyl (C=O) groups excluding carboxylic acids is 1. The van der Waals surface area contributed by atoms with Gasteiger partial charge < -0.3 is 4.57 Å². The van der Waals surface area contributed by atoms with Crippen molar-refractivity contribution in [2.45, 2.75) is 4.75 Å². The van der Waals surface area contributed by atoms with Crippen molar-refractivity contribution in [3.63, 3.8) is 0 Å². The molecule has 3 nitrogen and oxygen atoms in total. The third-order valence-electron chi connectivity index (χ3n) is 7.57. The highest BCUT2D eigenvalue weighted by Gasteiger charge is 2.39.